The van der Waals surface area contributed by atoms with E-state index in [1.165, 1.54) is 50.4 Å². The maximum atomic E-state index is 14.4. The minimum absolute atomic E-state index is 0.0682. The van der Waals surface area contributed by atoms with Crippen molar-refractivity contribution in [2.45, 2.75) is 33.4 Å². The molecule has 11 heteroatoms. The third-order valence-corrected chi connectivity index (χ3v) is 6.60. The number of benzene rings is 2. The zero-order chi connectivity index (χ0) is 26.3. The van der Waals surface area contributed by atoms with E-state index in [-0.39, 0.29) is 34.5 Å². The monoisotopic (exact) mass is 527 g/mol. The van der Waals surface area contributed by atoms with Crippen molar-refractivity contribution < 1.29 is 27.1 Å². The molecule has 0 heterocycles. The summed E-state index contributed by atoms with van der Waals surface area (Å²) in [4.78, 5) is 27.5. The number of nitrogens with one attached hydrogen (secondary N) is 1. The molecule has 2 aromatic carbocycles. The number of ether oxygens (including phenoxy) is 1. The van der Waals surface area contributed by atoms with Crippen LogP contribution in [0.1, 0.15) is 26.3 Å². The van der Waals surface area contributed by atoms with E-state index in [9.17, 15) is 22.4 Å². The molecule has 0 aliphatic rings. The number of anilines is 1. The fourth-order valence-corrected chi connectivity index (χ4v) is 4.31. The number of carbonyl (C=O) groups is 2. The van der Waals surface area contributed by atoms with E-state index in [0.717, 1.165) is 15.5 Å². The molecule has 0 aliphatic heterocycles. The lowest BCUT2D eigenvalue weighted by molar-refractivity contribution is -0.139. The first-order valence-electron chi connectivity index (χ1n) is 11.0. The van der Waals surface area contributed by atoms with Gasteiger partial charge in [-0.15, -0.1) is 0 Å². The summed E-state index contributed by atoms with van der Waals surface area (Å²) < 4.78 is 45.9. The predicted molar refractivity (Wildman–Crippen MR) is 134 cm³/mol. The van der Waals surface area contributed by atoms with Gasteiger partial charge in [-0.25, -0.2) is 12.8 Å². The van der Waals surface area contributed by atoms with Gasteiger partial charge in [0.15, 0.2) is 0 Å². The Morgan fingerprint density at radius 1 is 1.14 bits per heavy atom. The summed E-state index contributed by atoms with van der Waals surface area (Å²) in [6, 6.07) is 9.27. The number of nitrogens with zero attached hydrogens (tertiary/aromatic N) is 2. The Balaban J connectivity index is 2.45. The van der Waals surface area contributed by atoms with Crippen molar-refractivity contribution in [3.63, 3.8) is 0 Å². The summed E-state index contributed by atoms with van der Waals surface area (Å²) in [5, 5.41) is 3.00. The fourth-order valence-electron chi connectivity index (χ4n) is 3.30. The average Bonchev–Trinajstić information content (AvgIpc) is 2.79. The van der Waals surface area contributed by atoms with E-state index in [0.29, 0.717) is 6.54 Å². The summed E-state index contributed by atoms with van der Waals surface area (Å²) in [6.07, 6.45) is 0.945. The highest BCUT2D eigenvalue weighted by atomic mass is 35.5. The number of methoxy groups -OCH3 is 1. The van der Waals surface area contributed by atoms with Crippen LogP contribution in [0.25, 0.3) is 0 Å². The number of amides is 2. The number of hydrogen-bond acceptors (Lipinski definition) is 5. The highest BCUT2D eigenvalue weighted by Crippen LogP contribution is 2.33. The van der Waals surface area contributed by atoms with Crippen LogP contribution < -0.4 is 14.4 Å². The first kappa shape index (κ1) is 28.4. The van der Waals surface area contributed by atoms with Gasteiger partial charge in [0.25, 0.3) is 0 Å². The van der Waals surface area contributed by atoms with Crippen LogP contribution in [0, 0.1) is 11.7 Å². The Hall–Kier alpha value is -2.85. The standard InChI is InChI=1S/C24H31ClFN3O5S/c1-16(2)13-27-24(31)17(3)28(14-18-8-6-7-9-20(18)26)23(30)15-29(35(5,32)33)21-12-19(25)10-11-22(21)34-4/h6-12,16-17H,13-15H2,1-5H3,(H,27,31)/t17-/m0/s1. The molecule has 0 spiro atoms. The molecular weight excluding hydrogens is 497 g/mol. The SMILES string of the molecule is COc1ccc(Cl)cc1N(CC(=O)N(Cc1ccccc1F)[C@@H](C)C(=O)NCC(C)C)S(C)(=O)=O. The molecule has 2 amide bonds. The summed E-state index contributed by atoms with van der Waals surface area (Å²) in [7, 11) is -2.61. The van der Waals surface area contributed by atoms with E-state index in [4.69, 9.17) is 16.3 Å². The zero-order valence-corrected chi connectivity index (χ0v) is 22.0. The fraction of sp³-hybridized carbons (Fsp3) is 0.417. The first-order chi connectivity index (χ1) is 16.3. The summed E-state index contributed by atoms with van der Waals surface area (Å²) in [5.41, 5.74) is 0.259. The molecule has 0 bridgehead atoms. The van der Waals surface area contributed by atoms with Gasteiger partial charge >= 0.3 is 0 Å². The van der Waals surface area contributed by atoms with E-state index in [2.05, 4.69) is 5.32 Å². The van der Waals surface area contributed by atoms with Gasteiger partial charge in [0, 0.05) is 23.7 Å². The lowest BCUT2D eigenvalue weighted by Gasteiger charge is -2.32. The van der Waals surface area contributed by atoms with Crippen LogP contribution in [-0.4, -0.2) is 57.6 Å². The van der Waals surface area contributed by atoms with Crippen LogP contribution in [0.15, 0.2) is 42.5 Å². The highest BCUT2D eigenvalue weighted by Gasteiger charge is 2.31. The molecule has 192 valence electrons. The highest BCUT2D eigenvalue weighted by molar-refractivity contribution is 7.92. The molecule has 8 nitrogen and oxygen atoms in total. The van der Waals surface area contributed by atoms with Gasteiger partial charge in [0.1, 0.15) is 24.2 Å². The third kappa shape index (κ3) is 7.83. The molecule has 0 saturated carbocycles. The molecule has 0 saturated heterocycles. The number of rotatable bonds is 11. The summed E-state index contributed by atoms with van der Waals surface area (Å²) in [5.74, 6) is -1.31. The molecule has 1 N–H and O–H groups in total. The Morgan fingerprint density at radius 3 is 2.37 bits per heavy atom. The van der Waals surface area contributed by atoms with Gasteiger partial charge in [-0.2, -0.15) is 0 Å². The Labute approximate surface area is 211 Å². The number of halogens is 2. The summed E-state index contributed by atoms with van der Waals surface area (Å²) in [6.45, 7) is 4.88. The van der Waals surface area contributed by atoms with Gasteiger partial charge < -0.3 is 15.0 Å². The Morgan fingerprint density at radius 2 is 1.80 bits per heavy atom. The number of carbonyl (C=O) groups excluding carboxylic acids is 2. The normalized spacial score (nSPS) is 12.2. The third-order valence-electron chi connectivity index (χ3n) is 5.24. The largest absolute Gasteiger partial charge is 0.495 e. The van der Waals surface area contributed by atoms with Crippen molar-refractivity contribution >= 4 is 39.1 Å². The topological polar surface area (TPSA) is 96.0 Å². The molecule has 0 fully saturated rings. The molecule has 2 aromatic rings. The second-order valence-electron chi connectivity index (χ2n) is 8.51. The summed E-state index contributed by atoms with van der Waals surface area (Å²) >= 11 is 6.08. The van der Waals surface area contributed by atoms with Crippen molar-refractivity contribution in [3.05, 3.63) is 58.9 Å². The molecule has 2 rings (SSSR count). The molecular formula is C24H31ClFN3O5S. The van der Waals surface area contributed by atoms with E-state index < -0.39 is 40.2 Å². The smallest absolute Gasteiger partial charge is 0.244 e. The van der Waals surface area contributed by atoms with Crippen molar-refractivity contribution in [1.82, 2.24) is 10.2 Å². The maximum absolute atomic E-state index is 14.4. The minimum Gasteiger partial charge on any atom is -0.495 e. The van der Waals surface area contributed by atoms with Crippen LogP contribution in [0.5, 0.6) is 5.75 Å². The maximum Gasteiger partial charge on any atom is 0.244 e. The molecule has 35 heavy (non-hydrogen) atoms. The minimum atomic E-state index is -3.97. The van der Waals surface area contributed by atoms with E-state index in [1.807, 2.05) is 13.8 Å². The van der Waals surface area contributed by atoms with Crippen LogP contribution in [0.4, 0.5) is 10.1 Å². The molecule has 0 aromatic heterocycles. The predicted octanol–water partition coefficient (Wildman–Crippen LogP) is 3.44. The first-order valence-corrected chi connectivity index (χ1v) is 13.2. The molecule has 0 aliphatic carbocycles. The lowest BCUT2D eigenvalue weighted by Crippen LogP contribution is -2.51. The van der Waals surface area contributed by atoms with E-state index >= 15 is 0 Å². The van der Waals surface area contributed by atoms with Crippen molar-refractivity contribution in [2.75, 3.05) is 30.8 Å². The van der Waals surface area contributed by atoms with Gasteiger partial charge in [-0.3, -0.25) is 13.9 Å². The van der Waals surface area contributed by atoms with Crippen molar-refractivity contribution in [3.8, 4) is 5.75 Å². The molecule has 0 radical (unpaired) electrons. The van der Waals surface area contributed by atoms with Crippen LogP contribution >= 0.6 is 11.6 Å². The van der Waals surface area contributed by atoms with Gasteiger partial charge in [-0.1, -0.05) is 43.6 Å². The number of sulfonamides is 1. The number of hydrogen-bond donors (Lipinski definition) is 1. The molecule has 1 atom stereocenters. The van der Waals surface area contributed by atoms with Gasteiger partial charge in [0.05, 0.1) is 19.1 Å². The van der Waals surface area contributed by atoms with Crippen molar-refractivity contribution in [1.29, 1.82) is 0 Å². The van der Waals surface area contributed by atoms with Gasteiger partial charge in [-0.05, 0) is 37.1 Å². The lowest BCUT2D eigenvalue weighted by atomic mass is 10.1. The second-order valence-corrected chi connectivity index (χ2v) is 10.9. The second kappa shape index (κ2) is 12.2. The van der Waals surface area contributed by atoms with Crippen molar-refractivity contribution in [2.24, 2.45) is 5.92 Å². The average molecular weight is 528 g/mol. The zero-order valence-electron chi connectivity index (χ0n) is 20.4. The van der Waals surface area contributed by atoms with Gasteiger partial charge in [0.2, 0.25) is 21.8 Å². The Kier molecular flexibility index (Phi) is 9.91. The molecule has 0 unspecified atom stereocenters. The van der Waals surface area contributed by atoms with E-state index in [1.54, 1.807) is 6.07 Å². The van der Waals surface area contributed by atoms with Crippen LogP contribution in [0.2, 0.25) is 5.02 Å². The van der Waals surface area contributed by atoms with Crippen LogP contribution in [-0.2, 0) is 26.2 Å². The quantitative estimate of drug-likeness (QED) is 0.483. The Bertz CT molecular complexity index is 1160. The van der Waals surface area contributed by atoms with Crippen LogP contribution in [0.3, 0.4) is 0 Å².